The molecule has 0 aliphatic carbocycles. The van der Waals surface area contributed by atoms with Crippen LogP contribution in [0.15, 0.2) is 72.3 Å². The fourth-order valence-corrected chi connectivity index (χ4v) is 4.65. The largest absolute Gasteiger partial charge is 0.507 e. The molecule has 1 N–H and O–H groups in total. The molecule has 0 bridgehead atoms. The Morgan fingerprint density at radius 2 is 1.74 bits per heavy atom. The lowest BCUT2D eigenvalue weighted by atomic mass is 9.94. The molecule has 0 aromatic heterocycles. The van der Waals surface area contributed by atoms with Crippen molar-refractivity contribution in [3.8, 4) is 5.75 Å². The number of carbonyl (C=O) groups excluding carboxylic acids is 3. The van der Waals surface area contributed by atoms with Gasteiger partial charge >= 0.3 is 5.97 Å². The highest BCUT2D eigenvalue weighted by molar-refractivity contribution is 6.51. The molecule has 7 nitrogen and oxygen atoms in total. The van der Waals surface area contributed by atoms with Crippen LogP contribution in [0.3, 0.4) is 0 Å². The van der Waals surface area contributed by atoms with Crippen LogP contribution in [0.1, 0.15) is 42.1 Å². The van der Waals surface area contributed by atoms with Gasteiger partial charge in [-0.15, -0.1) is 0 Å². The van der Waals surface area contributed by atoms with Crippen LogP contribution >= 0.6 is 11.6 Å². The zero-order valence-corrected chi connectivity index (χ0v) is 22.1. The van der Waals surface area contributed by atoms with Crippen LogP contribution in [0.2, 0.25) is 5.02 Å². The molecule has 0 spiro atoms. The number of amides is 1. The van der Waals surface area contributed by atoms with Gasteiger partial charge in [0.15, 0.2) is 0 Å². The number of ketones is 1. The zero-order valence-electron chi connectivity index (χ0n) is 21.4. The Hall–Kier alpha value is -4.10. The first-order valence-corrected chi connectivity index (χ1v) is 12.7. The quantitative estimate of drug-likeness (QED) is 0.171. The van der Waals surface area contributed by atoms with Crippen molar-refractivity contribution >= 4 is 40.7 Å². The van der Waals surface area contributed by atoms with Crippen molar-refractivity contribution in [2.45, 2.75) is 33.2 Å². The van der Waals surface area contributed by atoms with Crippen molar-refractivity contribution in [1.82, 2.24) is 0 Å². The average molecular weight is 534 g/mol. The summed E-state index contributed by atoms with van der Waals surface area (Å²) in [6.45, 7) is 6.11. The molecule has 1 saturated heterocycles. The Labute approximate surface area is 226 Å². The molecule has 38 heavy (non-hydrogen) atoms. The summed E-state index contributed by atoms with van der Waals surface area (Å²) in [7, 11) is 0. The van der Waals surface area contributed by atoms with Crippen molar-refractivity contribution in [2.75, 3.05) is 18.1 Å². The average Bonchev–Trinajstić information content (AvgIpc) is 3.16. The molecule has 1 heterocycles. The number of ether oxygens (including phenoxy) is 2. The van der Waals surface area contributed by atoms with E-state index in [4.69, 9.17) is 21.1 Å². The van der Waals surface area contributed by atoms with Crippen molar-refractivity contribution in [1.29, 1.82) is 0 Å². The Bertz CT molecular complexity index is 1410. The van der Waals surface area contributed by atoms with Crippen molar-refractivity contribution in [2.24, 2.45) is 0 Å². The van der Waals surface area contributed by atoms with Crippen LogP contribution in [0.5, 0.6) is 5.75 Å². The molecule has 0 radical (unpaired) electrons. The van der Waals surface area contributed by atoms with Gasteiger partial charge in [0, 0.05) is 11.3 Å². The molecule has 1 aliphatic heterocycles. The zero-order chi connectivity index (χ0) is 27.4. The topological polar surface area (TPSA) is 93.1 Å². The van der Waals surface area contributed by atoms with Crippen molar-refractivity contribution in [3.63, 3.8) is 0 Å². The maximum atomic E-state index is 13.4. The fraction of sp³-hybridized carbons (Fsp3) is 0.233. The van der Waals surface area contributed by atoms with Gasteiger partial charge in [0.2, 0.25) is 0 Å². The summed E-state index contributed by atoms with van der Waals surface area (Å²) in [5, 5.41) is 11.7. The number of benzene rings is 3. The summed E-state index contributed by atoms with van der Waals surface area (Å²) in [4.78, 5) is 40.1. The number of hydrogen-bond donors (Lipinski definition) is 1. The van der Waals surface area contributed by atoms with E-state index in [1.807, 2.05) is 38.1 Å². The number of anilines is 1. The van der Waals surface area contributed by atoms with Gasteiger partial charge in [0.1, 0.15) is 11.5 Å². The number of Topliss-reactive ketones (excluding diaryl/α,β-unsaturated/α-hetero) is 1. The van der Waals surface area contributed by atoms with Gasteiger partial charge in [0.05, 0.1) is 36.3 Å². The summed E-state index contributed by atoms with van der Waals surface area (Å²) in [5.41, 5.74) is 3.03. The van der Waals surface area contributed by atoms with Crippen LogP contribution in [0.4, 0.5) is 5.69 Å². The number of carbonyl (C=O) groups is 3. The van der Waals surface area contributed by atoms with E-state index in [1.54, 1.807) is 49.4 Å². The molecule has 1 unspecified atom stereocenters. The number of esters is 1. The van der Waals surface area contributed by atoms with Gasteiger partial charge in [-0.1, -0.05) is 53.6 Å². The second kappa shape index (κ2) is 11.5. The van der Waals surface area contributed by atoms with E-state index < -0.39 is 17.7 Å². The summed E-state index contributed by atoms with van der Waals surface area (Å²) in [6.07, 6.45) is 0.0903. The molecule has 1 amide bonds. The lowest BCUT2D eigenvalue weighted by Gasteiger charge is -2.26. The minimum Gasteiger partial charge on any atom is -0.507 e. The highest BCUT2D eigenvalue weighted by Crippen LogP contribution is 2.43. The predicted octanol–water partition coefficient (Wildman–Crippen LogP) is 5.78. The van der Waals surface area contributed by atoms with Gasteiger partial charge in [-0.2, -0.15) is 0 Å². The van der Waals surface area contributed by atoms with Crippen LogP contribution in [-0.4, -0.2) is 36.0 Å². The molecular formula is C30H28ClNO6. The van der Waals surface area contributed by atoms with E-state index in [-0.39, 0.29) is 30.3 Å². The molecule has 3 aromatic carbocycles. The Balaban J connectivity index is 1.83. The number of aliphatic hydroxyl groups is 1. The predicted molar refractivity (Wildman–Crippen MR) is 145 cm³/mol. The van der Waals surface area contributed by atoms with E-state index in [1.165, 1.54) is 4.90 Å². The smallest absolute Gasteiger partial charge is 0.310 e. The minimum atomic E-state index is -0.878. The second-order valence-corrected chi connectivity index (χ2v) is 9.22. The highest BCUT2D eigenvalue weighted by atomic mass is 35.5. The molecule has 196 valence electrons. The second-order valence-electron chi connectivity index (χ2n) is 8.81. The number of halogens is 1. The fourth-order valence-electron chi connectivity index (χ4n) is 4.48. The van der Waals surface area contributed by atoms with Gasteiger partial charge in [-0.25, -0.2) is 0 Å². The van der Waals surface area contributed by atoms with E-state index in [0.29, 0.717) is 39.8 Å². The molecule has 1 aliphatic rings. The lowest BCUT2D eigenvalue weighted by molar-refractivity contribution is -0.142. The number of aryl methyl sites for hydroxylation is 1. The van der Waals surface area contributed by atoms with Crippen molar-refractivity contribution in [3.05, 3.63) is 99.6 Å². The molecule has 3 aromatic rings. The summed E-state index contributed by atoms with van der Waals surface area (Å²) < 4.78 is 10.6. The Morgan fingerprint density at radius 3 is 2.39 bits per heavy atom. The maximum absolute atomic E-state index is 13.4. The van der Waals surface area contributed by atoms with E-state index in [9.17, 15) is 19.5 Å². The normalized spacial score (nSPS) is 16.5. The first-order valence-electron chi connectivity index (χ1n) is 12.3. The molecule has 1 fully saturated rings. The third-order valence-electron chi connectivity index (χ3n) is 6.18. The summed E-state index contributed by atoms with van der Waals surface area (Å²) in [5.74, 6) is -1.90. The lowest BCUT2D eigenvalue weighted by Crippen LogP contribution is -2.29. The number of rotatable bonds is 8. The van der Waals surface area contributed by atoms with E-state index in [2.05, 4.69) is 0 Å². The van der Waals surface area contributed by atoms with Crippen LogP contribution in [0.25, 0.3) is 5.76 Å². The SMILES string of the molecule is CCOC(=O)Cc1ccc(N2C(=O)C(=O)/C(=C(\O)c3ccc(Cl)c(OCC)c3)C2c2cccc(C)c2)cc1. The van der Waals surface area contributed by atoms with Gasteiger partial charge in [0.25, 0.3) is 11.7 Å². The Morgan fingerprint density at radius 1 is 1.00 bits per heavy atom. The van der Waals surface area contributed by atoms with Gasteiger partial charge in [-0.3, -0.25) is 19.3 Å². The van der Waals surface area contributed by atoms with Gasteiger partial charge in [-0.05, 0) is 62.2 Å². The molecule has 1 atom stereocenters. The Kier molecular flexibility index (Phi) is 8.17. The monoisotopic (exact) mass is 533 g/mol. The van der Waals surface area contributed by atoms with Crippen molar-refractivity contribution < 1.29 is 29.0 Å². The standard InChI is InChI=1S/C30H28ClNO6/c1-4-37-24-17-21(11-14-23(24)31)28(34)26-27(20-8-6-7-18(3)15-20)32(30(36)29(26)35)22-12-9-19(10-13-22)16-25(33)38-5-2/h6-15,17,27,34H,4-5,16H2,1-3H3/b28-26-. The first-order chi connectivity index (χ1) is 18.2. The third-order valence-corrected chi connectivity index (χ3v) is 6.49. The molecular weight excluding hydrogens is 506 g/mol. The molecule has 8 heteroatoms. The minimum absolute atomic E-state index is 0.0408. The number of nitrogens with zero attached hydrogens (tertiary/aromatic N) is 1. The third kappa shape index (κ3) is 5.43. The maximum Gasteiger partial charge on any atom is 0.310 e. The summed E-state index contributed by atoms with van der Waals surface area (Å²) >= 11 is 6.22. The number of aliphatic hydroxyl groups excluding tert-OH is 1. The number of hydrogen-bond acceptors (Lipinski definition) is 6. The highest BCUT2D eigenvalue weighted by Gasteiger charge is 2.47. The molecule has 0 saturated carbocycles. The van der Waals surface area contributed by atoms with Crippen LogP contribution < -0.4 is 9.64 Å². The molecule has 4 rings (SSSR count). The van der Waals surface area contributed by atoms with E-state index in [0.717, 1.165) is 5.56 Å². The van der Waals surface area contributed by atoms with Crippen LogP contribution in [0, 0.1) is 6.92 Å². The van der Waals surface area contributed by atoms with Crippen LogP contribution in [-0.2, 0) is 25.5 Å². The van der Waals surface area contributed by atoms with E-state index >= 15 is 0 Å². The van der Waals surface area contributed by atoms with Gasteiger partial charge < -0.3 is 14.6 Å². The first kappa shape index (κ1) is 26.9. The summed E-state index contributed by atoms with van der Waals surface area (Å²) in [6, 6.07) is 18.0.